The van der Waals surface area contributed by atoms with Crippen molar-refractivity contribution in [2.75, 3.05) is 0 Å². The van der Waals surface area contributed by atoms with Crippen molar-refractivity contribution in [2.24, 2.45) is 5.92 Å². The van der Waals surface area contributed by atoms with Gasteiger partial charge in [0, 0.05) is 0 Å². The van der Waals surface area contributed by atoms with E-state index in [1.165, 1.54) is 25.7 Å². The van der Waals surface area contributed by atoms with Gasteiger partial charge in [0.25, 0.3) is 0 Å². The first-order valence-electron chi connectivity index (χ1n) is 6.51. The van der Waals surface area contributed by atoms with Crippen LogP contribution in [0.25, 0.3) is 0 Å². The lowest BCUT2D eigenvalue weighted by Gasteiger charge is -2.23. The van der Waals surface area contributed by atoms with Crippen molar-refractivity contribution in [3.05, 3.63) is 0 Å². The van der Waals surface area contributed by atoms with Gasteiger partial charge in [0.15, 0.2) is 0 Å². The standard InChI is InChI=1S/C13H24O2/c1-10(2)6-5-7-11(14)13-9-4-3-8-12(13)15-13/h10-12,14H,3-9H2,1-2H3/t11-,12?,13-/m0/s1. The molecular formula is C13H24O2. The van der Waals surface area contributed by atoms with E-state index in [9.17, 15) is 5.11 Å². The Morgan fingerprint density at radius 2 is 2.13 bits per heavy atom. The third kappa shape index (κ3) is 2.36. The van der Waals surface area contributed by atoms with Gasteiger partial charge in [0.1, 0.15) is 5.60 Å². The van der Waals surface area contributed by atoms with Gasteiger partial charge in [-0.3, -0.25) is 0 Å². The van der Waals surface area contributed by atoms with Crippen molar-refractivity contribution in [3.8, 4) is 0 Å². The highest BCUT2D eigenvalue weighted by Gasteiger charge is 2.61. The third-order valence-electron chi connectivity index (χ3n) is 3.96. The Labute approximate surface area is 93.0 Å². The van der Waals surface area contributed by atoms with Crippen LogP contribution in [0.15, 0.2) is 0 Å². The van der Waals surface area contributed by atoms with Crippen LogP contribution < -0.4 is 0 Å². The van der Waals surface area contributed by atoms with E-state index in [2.05, 4.69) is 13.8 Å². The number of epoxide rings is 1. The van der Waals surface area contributed by atoms with E-state index in [1.54, 1.807) is 0 Å². The van der Waals surface area contributed by atoms with Crippen molar-refractivity contribution in [2.45, 2.75) is 76.6 Å². The second kappa shape index (κ2) is 4.42. The van der Waals surface area contributed by atoms with Crippen molar-refractivity contribution in [1.29, 1.82) is 0 Å². The van der Waals surface area contributed by atoms with Crippen LogP contribution in [-0.4, -0.2) is 22.9 Å². The SMILES string of the molecule is CC(C)CCC[C@H](O)[C@@]12CCCCC1O2. The molecule has 0 aromatic carbocycles. The van der Waals surface area contributed by atoms with Crippen LogP contribution in [0.2, 0.25) is 0 Å². The normalized spacial score (nSPS) is 36.4. The number of aliphatic hydroxyl groups is 1. The zero-order chi connectivity index (χ0) is 10.9. The smallest absolute Gasteiger partial charge is 0.120 e. The van der Waals surface area contributed by atoms with Gasteiger partial charge in [-0.25, -0.2) is 0 Å². The van der Waals surface area contributed by atoms with Crippen molar-refractivity contribution in [3.63, 3.8) is 0 Å². The molecule has 1 N–H and O–H groups in total. The first kappa shape index (κ1) is 11.4. The first-order valence-corrected chi connectivity index (χ1v) is 6.51. The molecular weight excluding hydrogens is 188 g/mol. The van der Waals surface area contributed by atoms with E-state index >= 15 is 0 Å². The van der Waals surface area contributed by atoms with Crippen LogP contribution in [-0.2, 0) is 4.74 Å². The Morgan fingerprint density at radius 1 is 1.33 bits per heavy atom. The second-order valence-electron chi connectivity index (χ2n) is 5.65. The molecule has 1 saturated heterocycles. The van der Waals surface area contributed by atoms with E-state index in [0.717, 1.165) is 25.2 Å². The molecule has 15 heavy (non-hydrogen) atoms. The molecule has 1 saturated carbocycles. The van der Waals surface area contributed by atoms with E-state index in [-0.39, 0.29) is 11.7 Å². The van der Waals surface area contributed by atoms with Gasteiger partial charge in [-0.05, 0) is 25.2 Å². The highest BCUT2D eigenvalue weighted by Crippen LogP contribution is 2.51. The zero-order valence-corrected chi connectivity index (χ0v) is 10.0. The number of aliphatic hydroxyl groups excluding tert-OH is 1. The summed E-state index contributed by atoms with van der Waals surface area (Å²) in [5.41, 5.74) is -0.102. The molecule has 88 valence electrons. The van der Waals surface area contributed by atoms with E-state index in [4.69, 9.17) is 4.74 Å². The second-order valence-corrected chi connectivity index (χ2v) is 5.65. The van der Waals surface area contributed by atoms with Gasteiger partial charge in [-0.2, -0.15) is 0 Å². The van der Waals surface area contributed by atoms with E-state index < -0.39 is 0 Å². The Hall–Kier alpha value is -0.0800. The van der Waals surface area contributed by atoms with Crippen LogP contribution in [0.5, 0.6) is 0 Å². The third-order valence-corrected chi connectivity index (χ3v) is 3.96. The fraction of sp³-hybridized carbons (Fsp3) is 1.00. The summed E-state index contributed by atoms with van der Waals surface area (Å²) in [5.74, 6) is 0.747. The topological polar surface area (TPSA) is 32.8 Å². The molecule has 0 aromatic rings. The number of rotatable bonds is 5. The molecule has 2 nitrogen and oxygen atoms in total. The Morgan fingerprint density at radius 3 is 2.80 bits per heavy atom. The van der Waals surface area contributed by atoms with Gasteiger partial charge < -0.3 is 9.84 Å². The van der Waals surface area contributed by atoms with Crippen molar-refractivity contribution >= 4 is 0 Å². The maximum atomic E-state index is 10.2. The van der Waals surface area contributed by atoms with E-state index in [0.29, 0.717) is 6.10 Å². The molecule has 0 spiro atoms. The molecule has 0 bridgehead atoms. The molecule has 0 aromatic heterocycles. The van der Waals surface area contributed by atoms with Crippen molar-refractivity contribution < 1.29 is 9.84 Å². The molecule has 1 unspecified atom stereocenters. The summed E-state index contributed by atoms with van der Waals surface area (Å²) in [6.45, 7) is 4.48. The lowest BCUT2D eigenvalue weighted by molar-refractivity contribution is 0.0578. The maximum Gasteiger partial charge on any atom is 0.120 e. The van der Waals surface area contributed by atoms with Gasteiger partial charge in [-0.1, -0.05) is 39.5 Å². The monoisotopic (exact) mass is 212 g/mol. The minimum absolute atomic E-state index is 0.102. The lowest BCUT2D eigenvalue weighted by Crippen LogP contribution is -2.34. The zero-order valence-electron chi connectivity index (χ0n) is 10.0. The molecule has 2 aliphatic rings. The number of fused-ring (bicyclic) bond motifs is 1. The lowest BCUT2D eigenvalue weighted by atomic mass is 9.83. The largest absolute Gasteiger partial charge is 0.390 e. The number of ether oxygens (including phenoxy) is 1. The molecule has 1 heterocycles. The van der Waals surface area contributed by atoms with Gasteiger partial charge in [-0.15, -0.1) is 0 Å². The van der Waals surface area contributed by atoms with Crippen LogP contribution >= 0.6 is 0 Å². The first-order chi connectivity index (χ1) is 7.15. The minimum Gasteiger partial charge on any atom is -0.390 e. The van der Waals surface area contributed by atoms with E-state index in [1.807, 2.05) is 0 Å². The highest BCUT2D eigenvalue weighted by molar-refractivity contribution is 5.09. The van der Waals surface area contributed by atoms with Crippen LogP contribution in [0.1, 0.15) is 58.8 Å². The number of hydrogen-bond donors (Lipinski definition) is 1. The minimum atomic E-state index is -0.207. The summed E-state index contributed by atoms with van der Waals surface area (Å²) in [6, 6.07) is 0. The maximum absolute atomic E-state index is 10.2. The molecule has 0 amide bonds. The Bertz CT molecular complexity index is 215. The molecule has 1 aliphatic carbocycles. The highest BCUT2D eigenvalue weighted by atomic mass is 16.6. The van der Waals surface area contributed by atoms with Gasteiger partial charge >= 0.3 is 0 Å². The summed E-state index contributed by atoms with van der Waals surface area (Å²) in [7, 11) is 0. The quantitative estimate of drug-likeness (QED) is 0.711. The Kier molecular flexibility index (Phi) is 3.36. The summed E-state index contributed by atoms with van der Waals surface area (Å²) in [4.78, 5) is 0. The summed E-state index contributed by atoms with van der Waals surface area (Å²) >= 11 is 0. The van der Waals surface area contributed by atoms with Crippen LogP contribution in [0, 0.1) is 5.92 Å². The van der Waals surface area contributed by atoms with Gasteiger partial charge in [0.05, 0.1) is 12.2 Å². The number of hydrogen-bond acceptors (Lipinski definition) is 2. The predicted octanol–water partition coefficient (Wildman–Crippen LogP) is 2.89. The average Bonchev–Trinajstić information content (AvgIpc) is 2.92. The van der Waals surface area contributed by atoms with Crippen LogP contribution in [0.4, 0.5) is 0 Å². The van der Waals surface area contributed by atoms with Crippen molar-refractivity contribution in [1.82, 2.24) is 0 Å². The summed E-state index contributed by atoms with van der Waals surface area (Å²) in [6.07, 6.45) is 8.23. The summed E-state index contributed by atoms with van der Waals surface area (Å²) < 4.78 is 5.73. The molecule has 0 radical (unpaired) electrons. The molecule has 1 aliphatic heterocycles. The fourth-order valence-corrected chi connectivity index (χ4v) is 2.91. The average molecular weight is 212 g/mol. The molecule has 2 fully saturated rings. The molecule has 3 atom stereocenters. The Balaban J connectivity index is 1.74. The molecule has 2 heteroatoms. The predicted molar refractivity (Wildman–Crippen MR) is 60.8 cm³/mol. The summed E-state index contributed by atoms with van der Waals surface area (Å²) in [5, 5.41) is 10.2. The van der Waals surface area contributed by atoms with Crippen LogP contribution in [0.3, 0.4) is 0 Å². The van der Waals surface area contributed by atoms with Gasteiger partial charge in [0.2, 0.25) is 0 Å². The fourth-order valence-electron chi connectivity index (χ4n) is 2.91. The molecule has 2 rings (SSSR count).